The fraction of sp³-hybridized carbons (Fsp3) is 0.500. The van der Waals surface area contributed by atoms with Crippen molar-refractivity contribution in [2.24, 2.45) is 5.73 Å². The van der Waals surface area contributed by atoms with Crippen LogP contribution in [0.25, 0.3) is 0 Å². The van der Waals surface area contributed by atoms with Crippen molar-refractivity contribution in [3.8, 4) is 0 Å². The third-order valence-corrected chi connectivity index (χ3v) is 3.62. The van der Waals surface area contributed by atoms with Gasteiger partial charge in [-0.25, -0.2) is 0 Å². The van der Waals surface area contributed by atoms with Crippen LogP contribution in [0, 0.1) is 10.1 Å². The standard InChI is InChI=1S/C14H20N4O3/c1-16(2)14(19)10-5-6-12(18(20)21)13(8-10)17-7-3-4-11(15)9-17/h5-6,8,11H,3-4,7,9,15H2,1-2H3. The van der Waals surface area contributed by atoms with E-state index in [1.54, 1.807) is 20.2 Å². The molecule has 1 saturated heterocycles. The first kappa shape index (κ1) is 15.2. The van der Waals surface area contributed by atoms with Crippen molar-refractivity contribution < 1.29 is 9.72 Å². The third kappa shape index (κ3) is 3.30. The lowest BCUT2D eigenvalue weighted by molar-refractivity contribution is -0.384. The molecule has 0 bridgehead atoms. The Kier molecular flexibility index (Phi) is 4.42. The fourth-order valence-corrected chi connectivity index (χ4v) is 2.55. The van der Waals surface area contributed by atoms with Crippen LogP contribution in [0.2, 0.25) is 0 Å². The Morgan fingerprint density at radius 3 is 2.76 bits per heavy atom. The van der Waals surface area contributed by atoms with Gasteiger partial charge in [0.1, 0.15) is 5.69 Å². The van der Waals surface area contributed by atoms with Gasteiger partial charge in [0.25, 0.3) is 11.6 Å². The second-order valence-corrected chi connectivity index (χ2v) is 5.51. The van der Waals surface area contributed by atoms with E-state index in [2.05, 4.69) is 0 Å². The largest absolute Gasteiger partial charge is 0.364 e. The number of hydrogen-bond donors (Lipinski definition) is 1. The van der Waals surface area contributed by atoms with Crippen molar-refractivity contribution in [1.29, 1.82) is 0 Å². The Morgan fingerprint density at radius 2 is 2.19 bits per heavy atom. The number of anilines is 1. The van der Waals surface area contributed by atoms with Crippen LogP contribution >= 0.6 is 0 Å². The van der Waals surface area contributed by atoms with Crippen LogP contribution in [0.5, 0.6) is 0 Å². The second-order valence-electron chi connectivity index (χ2n) is 5.51. The number of nitrogens with zero attached hydrogens (tertiary/aromatic N) is 3. The highest BCUT2D eigenvalue weighted by Gasteiger charge is 2.25. The van der Waals surface area contributed by atoms with Crippen LogP contribution in [0.4, 0.5) is 11.4 Å². The summed E-state index contributed by atoms with van der Waals surface area (Å²) in [5, 5.41) is 11.2. The molecule has 0 aromatic heterocycles. The minimum atomic E-state index is -0.417. The number of nitro groups is 1. The molecule has 1 aromatic rings. The first-order valence-electron chi connectivity index (χ1n) is 6.90. The van der Waals surface area contributed by atoms with Gasteiger partial charge < -0.3 is 15.5 Å². The van der Waals surface area contributed by atoms with Crippen molar-refractivity contribution in [2.75, 3.05) is 32.1 Å². The summed E-state index contributed by atoms with van der Waals surface area (Å²) in [5.41, 5.74) is 6.88. The number of hydrogen-bond acceptors (Lipinski definition) is 5. The first-order chi connectivity index (χ1) is 9.90. The zero-order valence-corrected chi connectivity index (χ0v) is 12.3. The van der Waals surface area contributed by atoms with Crippen LogP contribution < -0.4 is 10.6 Å². The summed E-state index contributed by atoms with van der Waals surface area (Å²) in [6.45, 7) is 1.29. The van der Waals surface area contributed by atoms with Crippen molar-refractivity contribution in [1.82, 2.24) is 4.90 Å². The molecule has 0 spiro atoms. The Morgan fingerprint density at radius 1 is 1.48 bits per heavy atom. The molecule has 0 aliphatic carbocycles. The molecular weight excluding hydrogens is 272 g/mol. The van der Waals surface area contributed by atoms with Gasteiger partial charge in [0.2, 0.25) is 0 Å². The summed E-state index contributed by atoms with van der Waals surface area (Å²) in [7, 11) is 3.31. The number of nitro benzene ring substituents is 1. The van der Waals surface area contributed by atoms with Crippen molar-refractivity contribution in [3.63, 3.8) is 0 Å². The molecule has 0 radical (unpaired) electrons. The SMILES string of the molecule is CN(C)C(=O)c1ccc([N+](=O)[O-])c(N2CCCC(N)C2)c1. The van der Waals surface area contributed by atoms with Crippen LogP contribution in [-0.4, -0.2) is 49.0 Å². The summed E-state index contributed by atoms with van der Waals surface area (Å²) in [6, 6.07) is 4.49. The molecule has 1 fully saturated rings. The minimum Gasteiger partial charge on any atom is -0.364 e. The first-order valence-corrected chi connectivity index (χ1v) is 6.90. The minimum absolute atomic E-state index is 0.00607. The van der Waals surface area contributed by atoms with Crippen molar-refractivity contribution in [3.05, 3.63) is 33.9 Å². The number of benzene rings is 1. The molecular formula is C14H20N4O3. The highest BCUT2D eigenvalue weighted by atomic mass is 16.6. The van der Waals surface area contributed by atoms with E-state index in [1.165, 1.54) is 17.0 Å². The van der Waals surface area contributed by atoms with E-state index in [9.17, 15) is 14.9 Å². The molecule has 2 N–H and O–H groups in total. The monoisotopic (exact) mass is 292 g/mol. The summed E-state index contributed by atoms with van der Waals surface area (Å²) in [4.78, 5) is 26.2. The maximum atomic E-state index is 12.0. The lowest BCUT2D eigenvalue weighted by atomic mass is 10.0. The lowest BCUT2D eigenvalue weighted by Crippen LogP contribution is -2.43. The molecule has 1 unspecified atom stereocenters. The van der Waals surface area contributed by atoms with Crippen molar-refractivity contribution in [2.45, 2.75) is 18.9 Å². The molecule has 7 heteroatoms. The molecule has 0 saturated carbocycles. The molecule has 7 nitrogen and oxygen atoms in total. The maximum absolute atomic E-state index is 12.0. The number of piperidine rings is 1. The fourth-order valence-electron chi connectivity index (χ4n) is 2.55. The maximum Gasteiger partial charge on any atom is 0.292 e. The number of amides is 1. The van der Waals surface area contributed by atoms with Gasteiger partial charge in [0.15, 0.2) is 0 Å². The van der Waals surface area contributed by atoms with E-state index in [-0.39, 0.29) is 17.6 Å². The van der Waals surface area contributed by atoms with E-state index in [1.807, 2.05) is 4.90 Å². The van der Waals surface area contributed by atoms with E-state index < -0.39 is 4.92 Å². The summed E-state index contributed by atoms with van der Waals surface area (Å²) in [6.07, 6.45) is 1.81. The van der Waals surface area contributed by atoms with Gasteiger partial charge in [-0.3, -0.25) is 14.9 Å². The molecule has 2 rings (SSSR count). The highest BCUT2D eigenvalue weighted by Crippen LogP contribution is 2.31. The molecule has 114 valence electrons. The van der Waals surface area contributed by atoms with E-state index >= 15 is 0 Å². The second kappa shape index (κ2) is 6.09. The third-order valence-electron chi connectivity index (χ3n) is 3.62. The van der Waals surface area contributed by atoms with Gasteiger partial charge in [-0.15, -0.1) is 0 Å². The lowest BCUT2D eigenvalue weighted by Gasteiger charge is -2.32. The van der Waals surface area contributed by atoms with E-state index in [4.69, 9.17) is 5.73 Å². The molecule has 1 amide bonds. The highest BCUT2D eigenvalue weighted by molar-refractivity contribution is 5.95. The molecule has 1 aromatic carbocycles. The van der Waals surface area contributed by atoms with Gasteiger partial charge in [-0.05, 0) is 25.0 Å². The number of nitrogens with two attached hydrogens (primary N) is 1. The quantitative estimate of drug-likeness (QED) is 0.668. The van der Waals surface area contributed by atoms with Crippen LogP contribution in [0.1, 0.15) is 23.2 Å². The predicted molar refractivity (Wildman–Crippen MR) is 80.5 cm³/mol. The molecule has 21 heavy (non-hydrogen) atoms. The van der Waals surface area contributed by atoms with Crippen LogP contribution in [0.3, 0.4) is 0 Å². The normalized spacial score (nSPS) is 18.4. The Balaban J connectivity index is 2.42. The zero-order valence-electron chi connectivity index (χ0n) is 12.3. The summed E-state index contributed by atoms with van der Waals surface area (Å²) >= 11 is 0. The van der Waals surface area contributed by atoms with Gasteiger partial charge >= 0.3 is 0 Å². The Bertz CT molecular complexity index is 559. The molecule has 1 atom stereocenters. The zero-order chi connectivity index (χ0) is 15.6. The number of carbonyl (C=O) groups is 1. The van der Waals surface area contributed by atoms with Gasteiger partial charge in [0, 0.05) is 44.9 Å². The Labute approximate surface area is 123 Å². The van der Waals surface area contributed by atoms with Crippen LogP contribution in [-0.2, 0) is 0 Å². The van der Waals surface area contributed by atoms with Gasteiger partial charge in [0.05, 0.1) is 4.92 Å². The Hall–Kier alpha value is -2.15. The topological polar surface area (TPSA) is 92.7 Å². The smallest absolute Gasteiger partial charge is 0.292 e. The van der Waals surface area contributed by atoms with E-state index in [0.29, 0.717) is 24.3 Å². The van der Waals surface area contributed by atoms with Crippen LogP contribution in [0.15, 0.2) is 18.2 Å². The van der Waals surface area contributed by atoms with E-state index in [0.717, 1.165) is 12.8 Å². The molecule has 1 aliphatic heterocycles. The van der Waals surface area contributed by atoms with Crippen molar-refractivity contribution >= 4 is 17.3 Å². The number of rotatable bonds is 3. The average Bonchev–Trinajstić information content (AvgIpc) is 2.45. The molecule has 1 heterocycles. The average molecular weight is 292 g/mol. The number of carbonyl (C=O) groups excluding carboxylic acids is 1. The summed E-state index contributed by atoms with van der Waals surface area (Å²) in [5.74, 6) is -0.174. The summed E-state index contributed by atoms with van der Waals surface area (Å²) < 4.78 is 0. The van der Waals surface area contributed by atoms with Gasteiger partial charge in [-0.1, -0.05) is 0 Å². The predicted octanol–water partition coefficient (Wildman–Crippen LogP) is 1.22. The van der Waals surface area contributed by atoms with Gasteiger partial charge in [-0.2, -0.15) is 0 Å². The molecule has 1 aliphatic rings.